The lowest BCUT2D eigenvalue weighted by molar-refractivity contribution is -0.155. The minimum Gasteiger partial charge on any atom is -0.355 e. The smallest absolute Gasteiger partial charge is 0.355 e. The molecular weight excluding hydrogens is 339 g/mol. The van der Waals surface area contributed by atoms with Gasteiger partial charge in [0.2, 0.25) is 5.91 Å². The lowest BCUT2D eigenvalue weighted by atomic mass is 9.98. The summed E-state index contributed by atoms with van der Waals surface area (Å²) in [5.41, 5.74) is 0.738. The van der Waals surface area contributed by atoms with Gasteiger partial charge in [-0.05, 0) is 12.0 Å². The molecule has 2 N–H and O–H groups in total. The highest BCUT2D eigenvalue weighted by atomic mass is 32.2. The Morgan fingerprint density at radius 3 is 2.71 bits per heavy atom. The summed E-state index contributed by atoms with van der Waals surface area (Å²) in [6.07, 6.45) is -3.71. The number of thioether (sulfide) groups is 1. The minimum atomic E-state index is -4.36. The number of hydrogen-bond acceptors (Lipinski definition) is 4. The highest BCUT2D eigenvalue weighted by molar-refractivity contribution is 8.14. The summed E-state index contributed by atoms with van der Waals surface area (Å²) in [6.45, 7) is 2.48. The van der Waals surface area contributed by atoms with Gasteiger partial charge in [-0.1, -0.05) is 49.0 Å². The van der Waals surface area contributed by atoms with Crippen molar-refractivity contribution in [2.75, 3.05) is 12.3 Å². The van der Waals surface area contributed by atoms with Crippen LogP contribution in [0.4, 0.5) is 13.2 Å². The number of amidine groups is 1. The van der Waals surface area contributed by atoms with Gasteiger partial charge < -0.3 is 10.6 Å². The molecule has 0 saturated heterocycles. The van der Waals surface area contributed by atoms with Crippen LogP contribution in [0, 0.1) is 0 Å². The second-order valence-corrected chi connectivity index (χ2v) is 6.44. The molecule has 132 valence electrons. The van der Waals surface area contributed by atoms with Crippen molar-refractivity contribution >= 4 is 22.8 Å². The molecular formula is C16H20F3N3OS. The normalized spacial score (nSPS) is 20.9. The number of nitrogens with zero attached hydrogens (tertiary/aromatic N) is 1. The van der Waals surface area contributed by atoms with Gasteiger partial charge >= 0.3 is 6.18 Å². The van der Waals surface area contributed by atoms with E-state index < -0.39 is 18.3 Å². The fourth-order valence-electron chi connectivity index (χ4n) is 2.29. The molecule has 0 aromatic heterocycles. The molecule has 2 atom stereocenters. The Hall–Kier alpha value is -1.70. The lowest BCUT2D eigenvalue weighted by Crippen LogP contribution is -2.48. The molecule has 4 nitrogen and oxygen atoms in total. The van der Waals surface area contributed by atoms with E-state index in [1.54, 1.807) is 24.3 Å². The number of benzene rings is 1. The number of amides is 1. The van der Waals surface area contributed by atoms with E-state index in [1.807, 2.05) is 13.0 Å². The molecule has 1 aromatic rings. The molecule has 0 spiro atoms. The zero-order valence-corrected chi connectivity index (χ0v) is 14.1. The fourth-order valence-corrected chi connectivity index (χ4v) is 3.09. The van der Waals surface area contributed by atoms with Crippen molar-refractivity contribution in [3.63, 3.8) is 0 Å². The Morgan fingerprint density at radius 1 is 1.38 bits per heavy atom. The third kappa shape index (κ3) is 5.43. The quantitative estimate of drug-likeness (QED) is 0.848. The first-order valence-corrected chi connectivity index (χ1v) is 8.74. The topological polar surface area (TPSA) is 53.5 Å². The highest BCUT2D eigenvalue weighted by Crippen LogP contribution is 2.34. The fraction of sp³-hybridized carbons (Fsp3) is 0.500. The zero-order valence-electron chi connectivity index (χ0n) is 13.3. The van der Waals surface area contributed by atoms with E-state index in [4.69, 9.17) is 0 Å². The Morgan fingerprint density at radius 2 is 2.08 bits per heavy atom. The monoisotopic (exact) mass is 359 g/mol. The standard InChI is InChI=1S/C16H20F3N3OS/c1-2-8-20-14(23)10-24-15-21-12(11-6-4-3-5-7-11)9-13(22-15)16(17,18)19/h3-7,12-13H,2,8-10H2,1H3,(H,20,23)(H,21,22)/t12-,13+/m0/s1. The van der Waals surface area contributed by atoms with Crippen molar-refractivity contribution in [2.45, 2.75) is 38.0 Å². The van der Waals surface area contributed by atoms with Gasteiger partial charge in [0.1, 0.15) is 6.04 Å². The van der Waals surface area contributed by atoms with E-state index >= 15 is 0 Å². The summed E-state index contributed by atoms with van der Waals surface area (Å²) < 4.78 is 39.5. The van der Waals surface area contributed by atoms with Gasteiger partial charge in [-0.3, -0.25) is 9.79 Å². The van der Waals surface area contributed by atoms with Crippen molar-refractivity contribution in [3.05, 3.63) is 35.9 Å². The first-order valence-electron chi connectivity index (χ1n) is 7.75. The van der Waals surface area contributed by atoms with Crippen LogP contribution in [0.2, 0.25) is 0 Å². The van der Waals surface area contributed by atoms with Crippen LogP contribution < -0.4 is 10.6 Å². The number of nitrogens with one attached hydrogen (secondary N) is 2. The third-order valence-electron chi connectivity index (χ3n) is 3.52. The van der Waals surface area contributed by atoms with Crippen LogP contribution in [-0.2, 0) is 4.79 Å². The predicted octanol–water partition coefficient (Wildman–Crippen LogP) is 3.27. The molecule has 8 heteroatoms. The average molecular weight is 359 g/mol. The number of hydrogen-bond donors (Lipinski definition) is 2. The Balaban J connectivity index is 2.09. The first kappa shape index (κ1) is 18.6. The average Bonchev–Trinajstić information content (AvgIpc) is 2.58. The van der Waals surface area contributed by atoms with Gasteiger partial charge in [0.25, 0.3) is 0 Å². The molecule has 2 rings (SSSR count). The molecule has 0 saturated carbocycles. The van der Waals surface area contributed by atoms with Crippen LogP contribution >= 0.6 is 11.8 Å². The van der Waals surface area contributed by atoms with E-state index in [-0.39, 0.29) is 23.2 Å². The summed E-state index contributed by atoms with van der Waals surface area (Å²) >= 11 is 1.00. The SMILES string of the molecule is CCCNC(=O)CSC1=N[C@H](c2ccccc2)C[C@H](C(F)(F)F)N1. The number of aliphatic imine (C=N–C) groups is 1. The van der Waals surface area contributed by atoms with Crippen LogP contribution in [0.15, 0.2) is 35.3 Å². The number of rotatable bonds is 5. The molecule has 1 amide bonds. The van der Waals surface area contributed by atoms with Gasteiger partial charge in [-0.15, -0.1) is 0 Å². The molecule has 24 heavy (non-hydrogen) atoms. The first-order chi connectivity index (χ1) is 11.4. The maximum absolute atomic E-state index is 13.2. The maximum Gasteiger partial charge on any atom is 0.408 e. The van der Waals surface area contributed by atoms with Crippen LogP contribution in [0.25, 0.3) is 0 Å². The molecule has 1 aliphatic heterocycles. The van der Waals surface area contributed by atoms with Crippen molar-refractivity contribution in [3.8, 4) is 0 Å². The van der Waals surface area contributed by atoms with Crippen molar-refractivity contribution < 1.29 is 18.0 Å². The molecule has 0 radical (unpaired) electrons. The summed E-state index contributed by atoms with van der Waals surface area (Å²) in [5, 5.41) is 5.26. The zero-order chi connectivity index (χ0) is 17.6. The van der Waals surface area contributed by atoms with Crippen molar-refractivity contribution in [2.24, 2.45) is 4.99 Å². The van der Waals surface area contributed by atoms with Gasteiger partial charge in [0.15, 0.2) is 5.17 Å². The van der Waals surface area contributed by atoms with Gasteiger partial charge in [0.05, 0.1) is 11.8 Å². The molecule has 0 unspecified atom stereocenters. The van der Waals surface area contributed by atoms with Crippen LogP contribution in [0.5, 0.6) is 0 Å². The number of halogens is 3. The molecule has 0 bridgehead atoms. The van der Waals surface area contributed by atoms with Crippen LogP contribution in [0.3, 0.4) is 0 Å². The van der Waals surface area contributed by atoms with Crippen molar-refractivity contribution in [1.82, 2.24) is 10.6 Å². The van der Waals surface area contributed by atoms with E-state index in [1.165, 1.54) is 0 Å². The molecule has 1 heterocycles. The van der Waals surface area contributed by atoms with E-state index in [2.05, 4.69) is 15.6 Å². The van der Waals surface area contributed by atoms with E-state index in [0.717, 1.165) is 23.7 Å². The largest absolute Gasteiger partial charge is 0.408 e. The number of carbonyl (C=O) groups is 1. The Kier molecular flexibility index (Phi) is 6.53. The lowest BCUT2D eigenvalue weighted by Gasteiger charge is -2.31. The molecule has 0 fully saturated rings. The molecule has 1 aromatic carbocycles. The molecule has 0 aliphatic carbocycles. The van der Waals surface area contributed by atoms with E-state index in [9.17, 15) is 18.0 Å². The predicted molar refractivity (Wildman–Crippen MR) is 90.0 cm³/mol. The third-order valence-corrected chi connectivity index (χ3v) is 4.42. The summed E-state index contributed by atoms with van der Waals surface area (Å²) in [5.74, 6) is -0.172. The van der Waals surface area contributed by atoms with Gasteiger partial charge in [0, 0.05) is 13.0 Å². The maximum atomic E-state index is 13.2. The van der Waals surface area contributed by atoms with Gasteiger partial charge in [-0.25, -0.2) is 0 Å². The Bertz CT molecular complexity index is 578. The van der Waals surface area contributed by atoms with Crippen LogP contribution in [0.1, 0.15) is 31.4 Å². The van der Waals surface area contributed by atoms with Gasteiger partial charge in [-0.2, -0.15) is 13.2 Å². The van der Waals surface area contributed by atoms with E-state index in [0.29, 0.717) is 6.54 Å². The summed E-state index contributed by atoms with van der Waals surface area (Å²) in [6, 6.07) is 6.66. The number of carbonyl (C=O) groups excluding carboxylic acids is 1. The molecule has 1 aliphatic rings. The second kappa shape index (κ2) is 8.41. The summed E-state index contributed by atoms with van der Waals surface area (Å²) in [7, 11) is 0. The second-order valence-electron chi connectivity index (χ2n) is 5.47. The highest BCUT2D eigenvalue weighted by Gasteiger charge is 2.43. The minimum absolute atomic E-state index is 0.0396. The van der Waals surface area contributed by atoms with Crippen LogP contribution in [-0.4, -0.2) is 35.6 Å². The summed E-state index contributed by atoms with van der Waals surface area (Å²) in [4.78, 5) is 16.0. The Labute approximate surface area is 143 Å². The van der Waals surface area contributed by atoms with Crippen molar-refractivity contribution in [1.29, 1.82) is 0 Å². The number of alkyl halides is 3.